The number of amides is 1. The first-order chi connectivity index (χ1) is 11.7. The lowest BCUT2D eigenvalue weighted by Gasteiger charge is -2.29. The molecule has 1 aromatic rings. The van der Waals surface area contributed by atoms with Crippen LogP contribution >= 0.6 is 0 Å². The van der Waals surface area contributed by atoms with E-state index in [2.05, 4.69) is 10.6 Å². The Bertz CT molecular complexity index is 800. The monoisotopic (exact) mass is 344 g/mol. The van der Waals surface area contributed by atoms with Gasteiger partial charge in [-0.05, 0) is 17.7 Å². The van der Waals surface area contributed by atoms with E-state index in [0.29, 0.717) is 18.0 Å². The highest BCUT2D eigenvalue weighted by molar-refractivity contribution is 7.91. The number of hydrogen-bond acceptors (Lipinski definition) is 5. The van der Waals surface area contributed by atoms with E-state index in [1.807, 2.05) is 42.5 Å². The average molecular weight is 344 g/mol. The second-order valence-electron chi connectivity index (χ2n) is 5.60. The molecule has 124 valence electrons. The van der Waals surface area contributed by atoms with Gasteiger partial charge in [-0.15, -0.1) is 0 Å². The van der Waals surface area contributed by atoms with Crippen LogP contribution in [0.4, 0.5) is 0 Å². The molecule has 0 fully saturated rings. The molecule has 0 bridgehead atoms. The minimum atomic E-state index is -1.38. The maximum atomic E-state index is 12.6. The number of allylic oxidation sites excluding steroid dienone is 2. The zero-order valence-electron chi connectivity index (χ0n) is 12.7. The highest BCUT2D eigenvalue weighted by atomic mass is 32.2. The predicted octanol–water partition coefficient (Wildman–Crippen LogP) is 1.09. The van der Waals surface area contributed by atoms with Crippen molar-refractivity contribution in [1.29, 1.82) is 0 Å². The smallest absolute Gasteiger partial charge is 0.262 e. The lowest BCUT2D eigenvalue weighted by Crippen LogP contribution is -2.45. The lowest BCUT2D eigenvalue weighted by atomic mass is 10.1. The summed E-state index contributed by atoms with van der Waals surface area (Å²) in [6.07, 6.45) is 9.13. The Kier molecular flexibility index (Phi) is 3.86. The van der Waals surface area contributed by atoms with E-state index >= 15 is 0 Å². The second-order valence-corrected chi connectivity index (χ2v) is 7.18. The van der Waals surface area contributed by atoms with Gasteiger partial charge in [0.1, 0.15) is 4.91 Å². The third-order valence-corrected chi connectivity index (χ3v) is 5.75. The van der Waals surface area contributed by atoms with Crippen molar-refractivity contribution in [3.05, 3.63) is 59.2 Å². The summed E-state index contributed by atoms with van der Waals surface area (Å²) in [6, 6.07) is 5.48. The zero-order valence-corrected chi connectivity index (χ0v) is 13.5. The van der Waals surface area contributed by atoms with Crippen molar-refractivity contribution in [3.8, 4) is 11.5 Å². The van der Waals surface area contributed by atoms with Crippen LogP contribution in [0.1, 0.15) is 5.56 Å². The summed E-state index contributed by atoms with van der Waals surface area (Å²) in [6.45, 7) is 0.543. The van der Waals surface area contributed by atoms with Gasteiger partial charge < -0.3 is 20.1 Å². The molecule has 3 atom stereocenters. The summed E-state index contributed by atoms with van der Waals surface area (Å²) in [7, 11) is -1.38. The Hall–Kier alpha value is -2.54. The van der Waals surface area contributed by atoms with Crippen molar-refractivity contribution in [1.82, 2.24) is 10.6 Å². The molecular weight excluding hydrogens is 328 g/mol. The molecular formula is C17H16N2O4S. The number of nitrogens with one attached hydrogen (secondary N) is 2. The molecule has 1 amide bonds. The van der Waals surface area contributed by atoms with E-state index in [9.17, 15) is 9.00 Å². The topological polar surface area (TPSA) is 76.7 Å². The Morgan fingerprint density at radius 2 is 2.08 bits per heavy atom. The molecule has 4 rings (SSSR count). The minimum Gasteiger partial charge on any atom is -0.454 e. The summed E-state index contributed by atoms with van der Waals surface area (Å²) in [5.41, 5.74) is 0.890. The quantitative estimate of drug-likeness (QED) is 0.858. The third-order valence-electron chi connectivity index (χ3n) is 4.07. The van der Waals surface area contributed by atoms with Crippen LogP contribution in [0, 0.1) is 0 Å². The van der Waals surface area contributed by atoms with E-state index < -0.39 is 10.8 Å². The van der Waals surface area contributed by atoms with Crippen LogP contribution in [0.5, 0.6) is 11.5 Å². The predicted molar refractivity (Wildman–Crippen MR) is 89.6 cm³/mol. The molecule has 2 aliphatic heterocycles. The van der Waals surface area contributed by atoms with Crippen LogP contribution in [0.25, 0.3) is 0 Å². The number of benzene rings is 1. The molecule has 0 saturated carbocycles. The Morgan fingerprint density at radius 1 is 1.25 bits per heavy atom. The number of carbonyl (C=O) groups excluding carboxylic acids is 1. The van der Waals surface area contributed by atoms with Gasteiger partial charge in [0.2, 0.25) is 6.79 Å². The van der Waals surface area contributed by atoms with Gasteiger partial charge in [-0.1, -0.05) is 30.4 Å². The largest absolute Gasteiger partial charge is 0.454 e. The normalized spacial score (nSPS) is 26.3. The van der Waals surface area contributed by atoms with Crippen LogP contribution in [0.2, 0.25) is 0 Å². The van der Waals surface area contributed by atoms with Gasteiger partial charge in [0, 0.05) is 12.7 Å². The van der Waals surface area contributed by atoms with Crippen LogP contribution in [-0.2, 0) is 22.1 Å². The summed E-state index contributed by atoms with van der Waals surface area (Å²) < 4.78 is 23.2. The molecule has 7 heteroatoms. The SMILES string of the molecule is O=C(NCc1ccc2c(c1)OCO2)C1=CNC2C=CC=CC2S1=O. The van der Waals surface area contributed by atoms with E-state index in [1.54, 1.807) is 6.20 Å². The first kappa shape index (κ1) is 15.0. The Labute approximate surface area is 141 Å². The first-order valence-corrected chi connectivity index (χ1v) is 8.82. The molecule has 2 heterocycles. The zero-order chi connectivity index (χ0) is 16.5. The number of fused-ring (bicyclic) bond motifs is 2. The van der Waals surface area contributed by atoms with Crippen molar-refractivity contribution >= 4 is 16.7 Å². The molecule has 0 aromatic heterocycles. The second kappa shape index (κ2) is 6.16. The molecule has 0 spiro atoms. The molecule has 0 saturated heterocycles. The van der Waals surface area contributed by atoms with Gasteiger partial charge >= 0.3 is 0 Å². The maximum Gasteiger partial charge on any atom is 0.262 e. The van der Waals surface area contributed by atoms with Crippen LogP contribution in [-0.4, -0.2) is 28.2 Å². The lowest BCUT2D eigenvalue weighted by molar-refractivity contribution is -0.117. The molecule has 1 aliphatic carbocycles. The Balaban J connectivity index is 1.43. The van der Waals surface area contributed by atoms with Crippen molar-refractivity contribution in [2.24, 2.45) is 0 Å². The van der Waals surface area contributed by atoms with Crippen molar-refractivity contribution in [2.45, 2.75) is 17.8 Å². The fraction of sp³-hybridized carbons (Fsp3) is 0.235. The fourth-order valence-corrected chi connectivity index (χ4v) is 4.20. The van der Waals surface area contributed by atoms with Crippen LogP contribution in [0.15, 0.2) is 53.6 Å². The van der Waals surface area contributed by atoms with Gasteiger partial charge in [-0.3, -0.25) is 9.00 Å². The number of hydrogen-bond donors (Lipinski definition) is 2. The van der Waals surface area contributed by atoms with Crippen molar-refractivity contribution in [2.75, 3.05) is 6.79 Å². The average Bonchev–Trinajstić information content (AvgIpc) is 3.08. The summed E-state index contributed by atoms with van der Waals surface area (Å²) in [5.74, 6) is 1.04. The molecule has 3 unspecified atom stereocenters. The van der Waals surface area contributed by atoms with E-state index in [0.717, 1.165) is 5.56 Å². The molecule has 24 heavy (non-hydrogen) atoms. The van der Waals surface area contributed by atoms with E-state index in [-0.39, 0.29) is 28.9 Å². The van der Waals surface area contributed by atoms with E-state index in [1.165, 1.54) is 0 Å². The standard InChI is InChI=1S/C17H16N2O4S/c20-17(16-9-18-12-3-1-2-4-15(12)24(16)21)19-8-11-5-6-13-14(7-11)23-10-22-13/h1-7,9,12,15,18H,8,10H2,(H,19,20). The van der Waals surface area contributed by atoms with Crippen LogP contribution < -0.4 is 20.1 Å². The van der Waals surface area contributed by atoms with Gasteiger partial charge in [0.15, 0.2) is 11.5 Å². The Morgan fingerprint density at radius 3 is 3.00 bits per heavy atom. The highest BCUT2D eigenvalue weighted by Gasteiger charge is 2.33. The molecule has 2 N–H and O–H groups in total. The van der Waals surface area contributed by atoms with E-state index in [4.69, 9.17) is 9.47 Å². The number of rotatable bonds is 3. The first-order valence-electron chi connectivity index (χ1n) is 7.61. The van der Waals surface area contributed by atoms with Gasteiger partial charge in [-0.2, -0.15) is 0 Å². The van der Waals surface area contributed by atoms with Gasteiger partial charge in [0.25, 0.3) is 5.91 Å². The fourth-order valence-electron chi connectivity index (χ4n) is 2.80. The third kappa shape index (κ3) is 2.71. The number of ether oxygens (including phenoxy) is 2. The summed E-state index contributed by atoms with van der Waals surface area (Å²) in [4.78, 5) is 12.6. The van der Waals surface area contributed by atoms with Crippen molar-refractivity contribution < 1.29 is 18.5 Å². The maximum absolute atomic E-state index is 12.6. The summed E-state index contributed by atoms with van der Waals surface area (Å²) >= 11 is 0. The molecule has 1 aromatic carbocycles. The van der Waals surface area contributed by atoms with Gasteiger partial charge in [-0.25, -0.2) is 0 Å². The molecule has 6 nitrogen and oxygen atoms in total. The van der Waals surface area contributed by atoms with Crippen LogP contribution in [0.3, 0.4) is 0 Å². The van der Waals surface area contributed by atoms with Crippen molar-refractivity contribution in [3.63, 3.8) is 0 Å². The van der Waals surface area contributed by atoms with Gasteiger partial charge in [0.05, 0.1) is 22.1 Å². The highest BCUT2D eigenvalue weighted by Crippen LogP contribution is 2.32. The molecule has 3 aliphatic rings. The molecule has 0 radical (unpaired) electrons. The summed E-state index contributed by atoms with van der Waals surface area (Å²) in [5, 5.41) is 5.71. The number of carbonyl (C=O) groups is 1. The minimum absolute atomic E-state index is 0.0266.